The van der Waals surface area contributed by atoms with E-state index in [1.807, 2.05) is 31.2 Å². The van der Waals surface area contributed by atoms with Crippen LogP contribution in [0.4, 0.5) is 0 Å². The lowest BCUT2D eigenvalue weighted by Crippen LogP contribution is -2.31. The van der Waals surface area contributed by atoms with Gasteiger partial charge in [-0.2, -0.15) is 0 Å². The average Bonchev–Trinajstić information content (AvgIpc) is 2.84. The van der Waals surface area contributed by atoms with E-state index in [-0.39, 0.29) is 12.5 Å². The van der Waals surface area contributed by atoms with Gasteiger partial charge in [-0.1, -0.05) is 25.1 Å². The van der Waals surface area contributed by atoms with Crippen LogP contribution in [-0.4, -0.2) is 35.6 Å². The highest BCUT2D eigenvalue weighted by molar-refractivity contribution is 7.21. The largest absolute Gasteiger partial charge is 0.395 e. The Morgan fingerprint density at radius 2 is 2.20 bits per heavy atom. The van der Waals surface area contributed by atoms with E-state index in [2.05, 4.69) is 10.3 Å². The van der Waals surface area contributed by atoms with Gasteiger partial charge in [0.1, 0.15) is 0 Å². The van der Waals surface area contributed by atoms with Crippen LogP contribution < -0.4 is 11.3 Å². The lowest BCUT2D eigenvalue weighted by Gasteiger charge is -2.19. The molecule has 1 aromatic carbocycles. The maximum Gasteiger partial charge on any atom is 0.275 e. The Morgan fingerprint density at radius 3 is 2.85 bits per heavy atom. The van der Waals surface area contributed by atoms with Gasteiger partial charge in [-0.05, 0) is 23.6 Å². The summed E-state index contributed by atoms with van der Waals surface area (Å²) in [6.45, 7) is 4.17. The van der Waals surface area contributed by atoms with Crippen LogP contribution >= 0.6 is 11.3 Å². The molecule has 0 spiro atoms. The monoisotopic (exact) mass is 293 g/mol. The molecule has 0 saturated carbocycles. The van der Waals surface area contributed by atoms with E-state index < -0.39 is 0 Å². The first-order valence-corrected chi connectivity index (χ1v) is 7.37. The molecule has 0 aliphatic heterocycles. The fraction of sp³-hybridized carbons (Fsp3) is 0.357. The van der Waals surface area contributed by atoms with Gasteiger partial charge in [0.05, 0.1) is 11.5 Å². The molecule has 0 saturated heterocycles. The number of rotatable bonds is 6. The van der Waals surface area contributed by atoms with Crippen molar-refractivity contribution in [3.05, 3.63) is 34.7 Å². The number of carbonyl (C=O) groups excluding carboxylic acids is 1. The molecular weight excluding hydrogens is 274 g/mol. The minimum atomic E-state index is -0.263. The van der Waals surface area contributed by atoms with Crippen LogP contribution in [0, 0.1) is 0 Å². The summed E-state index contributed by atoms with van der Waals surface area (Å²) < 4.78 is 1.07. The Hall–Kier alpha value is -1.47. The maximum atomic E-state index is 11.9. The number of nitrogen functional groups attached to an aromatic ring is 1. The summed E-state index contributed by atoms with van der Waals surface area (Å²) in [5.74, 6) is 5.01. The lowest BCUT2D eigenvalue weighted by atomic mass is 10.1. The molecule has 0 bridgehead atoms. The van der Waals surface area contributed by atoms with Crippen molar-refractivity contribution in [2.75, 3.05) is 19.7 Å². The van der Waals surface area contributed by atoms with Gasteiger partial charge in [-0.25, -0.2) is 5.84 Å². The number of hydrazine groups is 1. The zero-order chi connectivity index (χ0) is 14.5. The molecule has 108 valence electrons. The van der Waals surface area contributed by atoms with Crippen LogP contribution in [0.2, 0.25) is 0 Å². The molecular formula is C14H19N3O2S. The third-order valence-corrected chi connectivity index (χ3v) is 4.49. The van der Waals surface area contributed by atoms with Crippen molar-refractivity contribution in [1.29, 1.82) is 0 Å². The predicted octanol–water partition coefficient (Wildman–Crippen LogP) is 1.32. The van der Waals surface area contributed by atoms with E-state index in [4.69, 9.17) is 10.9 Å². The Bertz CT molecular complexity index is 597. The van der Waals surface area contributed by atoms with E-state index in [1.54, 1.807) is 0 Å². The van der Waals surface area contributed by atoms with E-state index in [1.165, 1.54) is 11.3 Å². The number of carbonyl (C=O) groups is 1. The van der Waals surface area contributed by atoms with Crippen molar-refractivity contribution in [2.45, 2.75) is 13.5 Å². The van der Waals surface area contributed by atoms with Crippen molar-refractivity contribution in [1.82, 2.24) is 10.3 Å². The fourth-order valence-corrected chi connectivity index (χ4v) is 3.34. The summed E-state index contributed by atoms with van der Waals surface area (Å²) in [5.41, 5.74) is 3.19. The molecule has 0 unspecified atom stereocenters. The SMILES string of the molecule is CCN(CCO)Cc1c(C(=O)NN)sc2ccccc12. The van der Waals surface area contributed by atoms with Crippen molar-refractivity contribution in [3.63, 3.8) is 0 Å². The molecule has 2 aromatic rings. The second-order valence-electron chi connectivity index (χ2n) is 4.47. The number of aliphatic hydroxyl groups is 1. The molecule has 1 heterocycles. The minimum absolute atomic E-state index is 0.105. The van der Waals surface area contributed by atoms with Crippen molar-refractivity contribution < 1.29 is 9.90 Å². The number of nitrogens with zero attached hydrogens (tertiary/aromatic N) is 1. The highest BCUT2D eigenvalue weighted by atomic mass is 32.1. The van der Waals surface area contributed by atoms with E-state index in [9.17, 15) is 4.79 Å². The Kier molecular flexibility index (Phi) is 5.08. The van der Waals surface area contributed by atoms with Crippen LogP contribution in [0.1, 0.15) is 22.2 Å². The molecule has 6 heteroatoms. The first-order valence-electron chi connectivity index (χ1n) is 6.55. The summed E-state index contributed by atoms with van der Waals surface area (Å²) in [5, 5.41) is 10.2. The molecule has 2 rings (SSSR count). The van der Waals surface area contributed by atoms with Gasteiger partial charge in [0, 0.05) is 17.8 Å². The molecule has 0 aliphatic rings. The standard InChI is InChI=1S/C14H19N3O2S/c1-2-17(7-8-18)9-11-10-5-3-4-6-12(10)20-13(11)14(19)16-15/h3-6,18H,2,7-9,15H2,1H3,(H,16,19). The topological polar surface area (TPSA) is 78.6 Å². The van der Waals surface area contributed by atoms with Crippen molar-refractivity contribution in [2.24, 2.45) is 5.84 Å². The second-order valence-corrected chi connectivity index (χ2v) is 5.52. The summed E-state index contributed by atoms with van der Waals surface area (Å²) in [4.78, 5) is 14.7. The Balaban J connectivity index is 2.45. The summed E-state index contributed by atoms with van der Waals surface area (Å²) >= 11 is 1.45. The predicted molar refractivity (Wildman–Crippen MR) is 81.5 cm³/mol. The van der Waals surface area contributed by atoms with E-state index in [0.717, 1.165) is 22.2 Å². The first kappa shape index (κ1) is 14.9. The zero-order valence-corrected chi connectivity index (χ0v) is 12.2. The molecule has 0 radical (unpaired) electrons. The summed E-state index contributed by atoms with van der Waals surface area (Å²) in [6.07, 6.45) is 0. The molecule has 0 atom stereocenters. The van der Waals surface area contributed by atoms with Crippen LogP contribution in [-0.2, 0) is 6.54 Å². The number of hydrogen-bond acceptors (Lipinski definition) is 5. The van der Waals surface area contributed by atoms with E-state index in [0.29, 0.717) is 18.0 Å². The van der Waals surface area contributed by atoms with Crippen molar-refractivity contribution >= 4 is 27.3 Å². The number of nitrogens with one attached hydrogen (secondary N) is 1. The molecule has 5 nitrogen and oxygen atoms in total. The molecule has 20 heavy (non-hydrogen) atoms. The minimum Gasteiger partial charge on any atom is -0.395 e. The molecule has 1 aromatic heterocycles. The number of benzene rings is 1. The average molecular weight is 293 g/mol. The van der Waals surface area contributed by atoms with Gasteiger partial charge in [-0.3, -0.25) is 15.1 Å². The molecule has 0 fully saturated rings. The number of aliphatic hydroxyl groups excluding tert-OH is 1. The van der Waals surface area contributed by atoms with Gasteiger partial charge in [-0.15, -0.1) is 11.3 Å². The van der Waals surface area contributed by atoms with Gasteiger partial charge in [0.2, 0.25) is 0 Å². The third-order valence-electron chi connectivity index (χ3n) is 3.28. The smallest absolute Gasteiger partial charge is 0.275 e. The van der Waals surface area contributed by atoms with Crippen molar-refractivity contribution in [3.8, 4) is 0 Å². The number of thiophene rings is 1. The molecule has 4 N–H and O–H groups in total. The van der Waals surface area contributed by atoms with Crippen LogP contribution in [0.5, 0.6) is 0 Å². The van der Waals surface area contributed by atoms with E-state index >= 15 is 0 Å². The number of hydrogen-bond donors (Lipinski definition) is 3. The Labute approximate surface area is 122 Å². The quantitative estimate of drug-likeness (QED) is 0.426. The zero-order valence-electron chi connectivity index (χ0n) is 11.4. The number of fused-ring (bicyclic) bond motifs is 1. The lowest BCUT2D eigenvalue weighted by molar-refractivity contribution is 0.0956. The molecule has 0 aliphatic carbocycles. The summed E-state index contributed by atoms with van der Waals surface area (Å²) in [7, 11) is 0. The fourth-order valence-electron chi connectivity index (χ4n) is 2.22. The van der Waals surface area contributed by atoms with Gasteiger partial charge < -0.3 is 5.11 Å². The maximum absolute atomic E-state index is 11.9. The van der Waals surface area contributed by atoms with Gasteiger partial charge in [0.25, 0.3) is 5.91 Å². The number of nitrogens with two attached hydrogens (primary N) is 1. The summed E-state index contributed by atoms with van der Waals surface area (Å²) in [6, 6.07) is 7.93. The first-order chi connectivity index (χ1) is 9.71. The molecule has 1 amide bonds. The number of likely N-dealkylation sites (N-methyl/N-ethyl adjacent to an activating group) is 1. The van der Waals surface area contributed by atoms with Crippen LogP contribution in [0.15, 0.2) is 24.3 Å². The normalized spacial score (nSPS) is 11.2. The van der Waals surface area contributed by atoms with Gasteiger partial charge >= 0.3 is 0 Å². The van der Waals surface area contributed by atoms with Gasteiger partial charge in [0.15, 0.2) is 0 Å². The highest BCUT2D eigenvalue weighted by Crippen LogP contribution is 2.32. The third kappa shape index (κ3) is 2.99. The highest BCUT2D eigenvalue weighted by Gasteiger charge is 2.19. The second kappa shape index (κ2) is 6.81. The van der Waals surface area contributed by atoms with Crippen LogP contribution in [0.25, 0.3) is 10.1 Å². The Morgan fingerprint density at radius 1 is 1.45 bits per heavy atom. The van der Waals surface area contributed by atoms with Crippen LogP contribution in [0.3, 0.4) is 0 Å². The number of amides is 1.